The topological polar surface area (TPSA) is 117 Å². The van der Waals surface area contributed by atoms with E-state index < -0.39 is 0 Å². The summed E-state index contributed by atoms with van der Waals surface area (Å²) in [5, 5.41) is 18.4. The smallest absolute Gasteiger partial charge is 0.187 e. The second-order valence-electron chi connectivity index (χ2n) is 6.97. The lowest BCUT2D eigenvalue weighted by Gasteiger charge is -1.97. The van der Waals surface area contributed by atoms with Crippen LogP contribution in [0.4, 0.5) is 0 Å². The number of aldehydes is 1. The highest BCUT2D eigenvalue weighted by molar-refractivity contribution is 6.06. The quantitative estimate of drug-likeness (QED) is 0.236. The Morgan fingerprint density at radius 1 is 0.714 bits per heavy atom. The normalized spacial score (nSPS) is 9.74. The summed E-state index contributed by atoms with van der Waals surface area (Å²) in [5.74, 6) is 0.111. The van der Waals surface area contributed by atoms with Crippen molar-refractivity contribution in [1.29, 1.82) is 0 Å². The van der Waals surface area contributed by atoms with E-state index in [1.807, 2.05) is 0 Å². The van der Waals surface area contributed by atoms with Crippen LogP contribution in [0.3, 0.4) is 0 Å². The maximum absolute atomic E-state index is 11.7. The van der Waals surface area contributed by atoms with Gasteiger partial charge in [-0.15, -0.1) is 0 Å². The number of Topliss-reactive ketones (excluding diaryl/α,β-unsaturated/α-hetero) is 1. The molecule has 2 N–H and O–H groups in total. The molecule has 0 atom stereocenters. The van der Waals surface area contributed by atoms with Gasteiger partial charge in [-0.3, -0.25) is 24.4 Å². The van der Waals surface area contributed by atoms with Crippen LogP contribution in [0.25, 0.3) is 6.08 Å². The minimum Gasteiger partial charge on any atom is -0.507 e. The average Bonchev–Trinajstić information content (AvgIpc) is 2.90. The lowest BCUT2D eigenvalue weighted by atomic mass is 10.1. The number of nitrogens with zero attached hydrogens (tertiary/aromatic N) is 2. The van der Waals surface area contributed by atoms with Crippen molar-refractivity contribution in [3.8, 4) is 11.5 Å². The van der Waals surface area contributed by atoms with Crippen molar-refractivity contribution < 1.29 is 24.6 Å². The standard InChI is InChI=1S/C14H11NO2.C7H7NO.C7H6O2/c16-13-6-2-1-4-11(13)7-8-14(17)12-5-3-9-15-10-12;1-6(9)7-3-2-4-8-5-7;8-5-6-3-1-2-4-7(6)9/h1-10,16H;2-5H,1H3;1-5,9H/b8-7+;;. The van der Waals surface area contributed by atoms with Crippen LogP contribution < -0.4 is 0 Å². The highest BCUT2D eigenvalue weighted by Gasteiger charge is 2.01. The summed E-state index contributed by atoms with van der Waals surface area (Å²) >= 11 is 0. The number of rotatable bonds is 5. The Morgan fingerprint density at radius 2 is 1.23 bits per heavy atom. The van der Waals surface area contributed by atoms with Crippen LogP contribution in [0.15, 0.2) is 104 Å². The number of benzene rings is 2. The molecule has 0 fully saturated rings. The molecular weight excluding hydrogens is 444 g/mol. The van der Waals surface area contributed by atoms with Crippen molar-refractivity contribution in [2.75, 3.05) is 0 Å². The van der Waals surface area contributed by atoms with Gasteiger partial charge in [0.05, 0.1) is 5.56 Å². The molecule has 0 spiro atoms. The molecule has 0 unspecified atom stereocenters. The van der Waals surface area contributed by atoms with E-state index >= 15 is 0 Å². The summed E-state index contributed by atoms with van der Waals surface area (Å²) in [7, 11) is 0. The average molecular weight is 469 g/mol. The van der Waals surface area contributed by atoms with E-state index in [0.717, 1.165) is 0 Å². The predicted octanol–water partition coefficient (Wildman–Crippen LogP) is 5.17. The SMILES string of the molecule is CC(=O)c1cccnc1.O=C(/C=C/c1ccccc1O)c1cccnc1.O=Cc1ccccc1O. The number of para-hydroxylation sites is 2. The second-order valence-corrected chi connectivity index (χ2v) is 6.97. The summed E-state index contributed by atoms with van der Waals surface area (Å²) < 4.78 is 0. The highest BCUT2D eigenvalue weighted by Crippen LogP contribution is 2.17. The molecular formula is C28H24N2O5. The molecule has 2 aromatic heterocycles. The Bertz CT molecular complexity index is 1270. The van der Waals surface area contributed by atoms with Gasteiger partial charge in [-0.1, -0.05) is 30.3 Å². The van der Waals surface area contributed by atoms with Crippen molar-refractivity contribution in [1.82, 2.24) is 9.97 Å². The summed E-state index contributed by atoms with van der Waals surface area (Å²) in [5.41, 5.74) is 2.14. The predicted molar refractivity (Wildman–Crippen MR) is 133 cm³/mol. The third kappa shape index (κ3) is 9.23. The van der Waals surface area contributed by atoms with E-state index in [0.29, 0.717) is 28.5 Å². The number of allylic oxidation sites excluding steroid dienone is 1. The molecule has 176 valence electrons. The zero-order chi connectivity index (χ0) is 25.5. The molecule has 0 radical (unpaired) electrons. The van der Waals surface area contributed by atoms with Crippen molar-refractivity contribution >= 4 is 23.9 Å². The second kappa shape index (κ2) is 14.3. The number of aromatic nitrogens is 2. The maximum Gasteiger partial charge on any atom is 0.187 e. The van der Waals surface area contributed by atoms with Gasteiger partial charge < -0.3 is 10.2 Å². The van der Waals surface area contributed by atoms with Gasteiger partial charge in [-0.2, -0.15) is 0 Å². The molecule has 7 heteroatoms. The fourth-order valence-electron chi connectivity index (χ4n) is 2.56. The zero-order valence-corrected chi connectivity index (χ0v) is 19.0. The fraction of sp³-hybridized carbons (Fsp3) is 0.0357. The summed E-state index contributed by atoms with van der Waals surface area (Å²) in [6, 6.07) is 20.1. The fourth-order valence-corrected chi connectivity index (χ4v) is 2.56. The molecule has 0 aliphatic carbocycles. The first kappa shape index (κ1) is 26.3. The number of phenols is 2. The van der Waals surface area contributed by atoms with E-state index in [4.69, 9.17) is 5.11 Å². The van der Waals surface area contributed by atoms with Crippen LogP contribution in [-0.4, -0.2) is 38.0 Å². The summed E-state index contributed by atoms with van der Waals surface area (Å²) in [6.07, 6.45) is 9.96. The minimum atomic E-state index is -0.138. The van der Waals surface area contributed by atoms with Crippen molar-refractivity contribution in [3.05, 3.63) is 126 Å². The molecule has 0 amide bonds. The van der Waals surface area contributed by atoms with Crippen molar-refractivity contribution in [3.63, 3.8) is 0 Å². The van der Waals surface area contributed by atoms with Gasteiger partial charge in [-0.05, 0) is 61.5 Å². The Kier molecular flexibility index (Phi) is 10.7. The summed E-state index contributed by atoms with van der Waals surface area (Å²) in [6.45, 7) is 1.52. The van der Waals surface area contributed by atoms with Gasteiger partial charge in [0.25, 0.3) is 0 Å². The van der Waals surface area contributed by atoms with E-state index in [1.165, 1.54) is 25.3 Å². The van der Waals surface area contributed by atoms with Crippen molar-refractivity contribution in [2.24, 2.45) is 0 Å². The van der Waals surface area contributed by atoms with Crippen LogP contribution in [0, 0.1) is 0 Å². The number of hydrogen-bond acceptors (Lipinski definition) is 7. The van der Waals surface area contributed by atoms with Crippen LogP contribution >= 0.6 is 0 Å². The Labute approximate surface area is 203 Å². The number of carbonyl (C=O) groups is 3. The molecule has 4 rings (SSSR count). The summed E-state index contributed by atoms with van der Waals surface area (Å²) in [4.78, 5) is 40.1. The number of pyridine rings is 2. The van der Waals surface area contributed by atoms with Crippen molar-refractivity contribution in [2.45, 2.75) is 6.92 Å². The van der Waals surface area contributed by atoms with Crippen LogP contribution in [0.5, 0.6) is 11.5 Å². The molecule has 35 heavy (non-hydrogen) atoms. The number of hydrogen-bond donors (Lipinski definition) is 2. The largest absolute Gasteiger partial charge is 0.507 e. The Hall–Kier alpha value is -4.91. The molecule has 0 bridgehead atoms. The monoisotopic (exact) mass is 468 g/mol. The van der Waals surface area contributed by atoms with Gasteiger partial charge in [0.15, 0.2) is 17.9 Å². The molecule has 4 aromatic rings. The van der Waals surface area contributed by atoms with Crippen LogP contribution in [-0.2, 0) is 0 Å². The first-order chi connectivity index (χ1) is 16.9. The van der Waals surface area contributed by atoms with E-state index in [1.54, 1.807) is 91.4 Å². The molecule has 2 aromatic carbocycles. The minimum absolute atomic E-state index is 0.0347. The number of aromatic hydroxyl groups is 2. The molecule has 0 aliphatic rings. The third-order valence-electron chi connectivity index (χ3n) is 4.43. The van der Waals surface area contributed by atoms with Gasteiger partial charge in [0.2, 0.25) is 0 Å². The molecule has 0 aliphatic heterocycles. The third-order valence-corrected chi connectivity index (χ3v) is 4.43. The molecule has 0 saturated carbocycles. The van der Waals surface area contributed by atoms with Gasteiger partial charge >= 0.3 is 0 Å². The molecule has 7 nitrogen and oxygen atoms in total. The van der Waals surface area contributed by atoms with Gasteiger partial charge in [-0.25, -0.2) is 0 Å². The first-order valence-electron chi connectivity index (χ1n) is 10.5. The lowest BCUT2D eigenvalue weighted by molar-refractivity contribution is 0.101. The number of phenolic OH excluding ortho intramolecular Hbond substituents is 2. The number of carbonyl (C=O) groups excluding carboxylic acids is 3. The van der Waals surface area contributed by atoms with Gasteiger partial charge in [0, 0.05) is 41.5 Å². The first-order valence-corrected chi connectivity index (χ1v) is 10.5. The van der Waals surface area contributed by atoms with E-state index in [-0.39, 0.29) is 23.1 Å². The highest BCUT2D eigenvalue weighted by atomic mass is 16.3. The zero-order valence-electron chi connectivity index (χ0n) is 19.0. The Morgan fingerprint density at radius 3 is 1.63 bits per heavy atom. The van der Waals surface area contributed by atoms with Crippen LogP contribution in [0.1, 0.15) is 43.6 Å². The van der Waals surface area contributed by atoms with Gasteiger partial charge in [0.1, 0.15) is 11.5 Å². The van der Waals surface area contributed by atoms with Crippen LogP contribution in [0.2, 0.25) is 0 Å². The molecule has 0 saturated heterocycles. The number of ketones is 2. The van der Waals surface area contributed by atoms with E-state index in [2.05, 4.69) is 9.97 Å². The molecule has 2 heterocycles. The maximum atomic E-state index is 11.7. The lowest BCUT2D eigenvalue weighted by Crippen LogP contribution is -1.93. The van der Waals surface area contributed by atoms with E-state index in [9.17, 15) is 19.5 Å². The Balaban J connectivity index is 0.000000203.